The van der Waals surface area contributed by atoms with Crippen LogP contribution in [0.3, 0.4) is 0 Å². The van der Waals surface area contributed by atoms with Gasteiger partial charge < -0.3 is 4.90 Å². The molecule has 2 aromatic rings. The Morgan fingerprint density at radius 3 is 1.88 bits per heavy atom. The summed E-state index contributed by atoms with van der Waals surface area (Å²) >= 11 is 0. The normalized spacial score (nSPS) is 16.6. The number of sulfonamides is 2. The molecule has 140 valence electrons. The molecule has 0 atom stereocenters. The van der Waals surface area contributed by atoms with Gasteiger partial charge in [0.1, 0.15) is 5.82 Å². The summed E-state index contributed by atoms with van der Waals surface area (Å²) in [4.78, 5) is 1.64. The zero-order chi connectivity index (χ0) is 18.9. The lowest BCUT2D eigenvalue weighted by Crippen LogP contribution is -2.48. The highest BCUT2D eigenvalue weighted by atomic mass is 32.2. The SMILES string of the molecule is NS(=O)(=O)c1ccc(S(=O)(=O)N2CCN(c3ccccc3F)CC2)cc1. The largest absolute Gasteiger partial charge is 0.367 e. The van der Waals surface area contributed by atoms with Gasteiger partial charge in [-0.15, -0.1) is 0 Å². The minimum absolute atomic E-state index is 0.00996. The number of hydrogen-bond acceptors (Lipinski definition) is 5. The molecule has 0 saturated carbocycles. The van der Waals surface area contributed by atoms with Crippen molar-refractivity contribution in [3.63, 3.8) is 0 Å². The van der Waals surface area contributed by atoms with Crippen molar-refractivity contribution in [2.45, 2.75) is 9.79 Å². The fraction of sp³-hybridized carbons (Fsp3) is 0.250. The van der Waals surface area contributed by atoms with E-state index in [4.69, 9.17) is 5.14 Å². The number of rotatable bonds is 4. The molecule has 1 heterocycles. The standard InChI is InChI=1S/C16H18FN3O4S2/c17-15-3-1-2-4-16(15)19-9-11-20(12-10-19)26(23,24)14-7-5-13(6-8-14)25(18,21)22/h1-8H,9-12H2,(H2,18,21,22). The Bertz CT molecular complexity index is 1000. The first-order valence-corrected chi connectivity index (χ1v) is 10.8. The molecule has 7 nitrogen and oxygen atoms in total. The Morgan fingerprint density at radius 2 is 1.35 bits per heavy atom. The van der Waals surface area contributed by atoms with Crippen molar-refractivity contribution >= 4 is 25.7 Å². The van der Waals surface area contributed by atoms with E-state index in [1.54, 1.807) is 23.1 Å². The van der Waals surface area contributed by atoms with Crippen LogP contribution in [0.1, 0.15) is 0 Å². The van der Waals surface area contributed by atoms with Crippen molar-refractivity contribution in [3.05, 3.63) is 54.3 Å². The Labute approximate surface area is 151 Å². The molecule has 1 saturated heterocycles. The predicted molar refractivity (Wildman–Crippen MR) is 95.2 cm³/mol. The van der Waals surface area contributed by atoms with Crippen molar-refractivity contribution in [1.82, 2.24) is 4.31 Å². The highest BCUT2D eigenvalue weighted by molar-refractivity contribution is 7.89. The van der Waals surface area contributed by atoms with E-state index in [0.29, 0.717) is 18.8 Å². The second-order valence-corrected chi connectivity index (χ2v) is 9.36. The van der Waals surface area contributed by atoms with Crippen LogP contribution in [0, 0.1) is 5.82 Å². The van der Waals surface area contributed by atoms with E-state index < -0.39 is 20.0 Å². The molecule has 26 heavy (non-hydrogen) atoms. The molecule has 2 N–H and O–H groups in total. The first-order valence-electron chi connectivity index (χ1n) is 7.82. The number of piperazine rings is 1. The molecule has 2 aromatic carbocycles. The first kappa shape index (κ1) is 18.8. The van der Waals surface area contributed by atoms with Gasteiger partial charge in [-0.25, -0.2) is 26.4 Å². The lowest BCUT2D eigenvalue weighted by atomic mass is 10.2. The maximum Gasteiger partial charge on any atom is 0.243 e. The molecule has 0 aromatic heterocycles. The molecule has 0 bridgehead atoms. The second-order valence-electron chi connectivity index (χ2n) is 5.86. The van der Waals surface area contributed by atoms with Crippen LogP contribution in [0.5, 0.6) is 0 Å². The van der Waals surface area contributed by atoms with Crippen molar-refractivity contribution in [2.75, 3.05) is 31.1 Å². The number of anilines is 1. The smallest absolute Gasteiger partial charge is 0.243 e. The van der Waals surface area contributed by atoms with E-state index in [9.17, 15) is 21.2 Å². The van der Waals surface area contributed by atoms with Crippen LogP contribution in [0.15, 0.2) is 58.3 Å². The number of nitrogens with zero attached hydrogens (tertiary/aromatic N) is 2. The highest BCUT2D eigenvalue weighted by Crippen LogP contribution is 2.23. The monoisotopic (exact) mass is 399 g/mol. The van der Waals surface area contributed by atoms with Gasteiger partial charge in [0, 0.05) is 26.2 Å². The van der Waals surface area contributed by atoms with Crippen LogP contribution in [-0.4, -0.2) is 47.3 Å². The van der Waals surface area contributed by atoms with Gasteiger partial charge in [0.05, 0.1) is 15.5 Å². The first-order chi connectivity index (χ1) is 12.2. The number of halogens is 1. The fourth-order valence-electron chi connectivity index (χ4n) is 2.83. The molecule has 1 aliphatic rings. The summed E-state index contributed by atoms with van der Waals surface area (Å²) in [5.41, 5.74) is 0.446. The summed E-state index contributed by atoms with van der Waals surface area (Å²) in [6, 6.07) is 11.1. The van der Waals surface area contributed by atoms with Crippen LogP contribution in [0.25, 0.3) is 0 Å². The van der Waals surface area contributed by atoms with Gasteiger partial charge in [0.2, 0.25) is 20.0 Å². The van der Waals surface area contributed by atoms with Crippen molar-refractivity contribution in [2.24, 2.45) is 5.14 Å². The van der Waals surface area contributed by atoms with Gasteiger partial charge in [-0.3, -0.25) is 0 Å². The van der Waals surface area contributed by atoms with Crippen molar-refractivity contribution in [1.29, 1.82) is 0 Å². The fourth-order valence-corrected chi connectivity index (χ4v) is 4.77. The van der Waals surface area contributed by atoms with Gasteiger partial charge >= 0.3 is 0 Å². The van der Waals surface area contributed by atoms with Crippen LogP contribution >= 0.6 is 0 Å². The van der Waals surface area contributed by atoms with Crippen LogP contribution in [0.4, 0.5) is 10.1 Å². The molecule has 0 radical (unpaired) electrons. The molecular weight excluding hydrogens is 381 g/mol. The summed E-state index contributed by atoms with van der Waals surface area (Å²) < 4.78 is 63.1. The van der Waals surface area contributed by atoms with Gasteiger partial charge in [-0.1, -0.05) is 12.1 Å². The minimum atomic E-state index is -3.88. The highest BCUT2D eigenvalue weighted by Gasteiger charge is 2.29. The van der Waals surface area contributed by atoms with Crippen LogP contribution in [0.2, 0.25) is 0 Å². The molecule has 0 spiro atoms. The maximum absolute atomic E-state index is 13.9. The third-order valence-corrected chi connectivity index (χ3v) is 7.06. The molecule has 3 rings (SSSR count). The number of primary sulfonamides is 1. The van der Waals surface area contributed by atoms with Crippen LogP contribution < -0.4 is 10.0 Å². The minimum Gasteiger partial charge on any atom is -0.367 e. The maximum atomic E-state index is 13.9. The van der Waals surface area contributed by atoms with Crippen molar-refractivity contribution in [3.8, 4) is 0 Å². The van der Waals surface area contributed by atoms with Crippen LogP contribution in [-0.2, 0) is 20.0 Å². The number of para-hydroxylation sites is 1. The lowest BCUT2D eigenvalue weighted by Gasteiger charge is -2.35. The molecule has 1 fully saturated rings. The average molecular weight is 399 g/mol. The van der Waals surface area contributed by atoms with E-state index >= 15 is 0 Å². The number of benzene rings is 2. The van der Waals surface area contributed by atoms with Gasteiger partial charge in [0.25, 0.3) is 0 Å². The number of hydrogen-bond donors (Lipinski definition) is 1. The molecule has 0 aliphatic carbocycles. The predicted octanol–water partition coefficient (Wildman–Crippen LogP) is 0.984. The van der Waals surface area contributed by atoms with Gasteiger partial charge in [0.15, 0.2) is 0 Å². The summed E-state index contributed by atoms with van der Waals surface area (Å²) in [5, 5.41) is 5.02. The zero-order valence-electron chi connectivity index (χ0n) is 13.7. The summed E-state index contributed by atoms with van der Waals surface area (Å²) in [6.07, 6.45) is 0. The zero-order valence-corrected chi connectivity index (χ0v) is 15.4. The second kappa shape index (κ2) is 6.95. The molecule has 10 heteroatoms. The summed E-state index contributed by atoms with van der Waals surface area (Å²) in [6.45, 7) is 1.12. The van der Waals surface area contributed by atoms with E-state index in [1.165, 1.54) is 22.5 Å². The molecule has 0 unspecified atom stereocenters. The Morgan fingerprint density at radius 1 is 0.808 bits per heavy atom. The molecule has 1 aliphatic heterocycles. The summed E-state index contributed by atoms with van der Waals surface area (Å²) in [7, 11) is -7.65. The van der Waals surface area contributed by atoms with E-state index in [-0.39, 0.29) is 28.7 Å². The van der Waals surface area contributed by atoms with Gasteiger partial charge in [-0.05, 0) is 36.4 Å². The van der Waals surface area contributed by atoms with Crippen molar-refractivity contribution < 1.29 is 21.2 Å². The van der Waals surface area contributed by atoms with E-state index in [0.717, 1.165) is 12.1 Å². The third kappa shape index (κ3) is 3.73. The quantitative estimate of drug-likeness (QED) is 0.826. The summed E-state index contributed by atoms with van der Waals surface area (Å²) in [5.74, 6) is -0.345. The van der Waals surface area contributed by atoms with Gasteiger partial charge in [-0.2, -0.15) is 4.31 Å². The topological polar surface area (TPSA) is 101 Å². The van der Waals surface area contributed by atoms with E-state index in [1.807, 2.05) is 0 Å². The number of nitrogens with two attached hydrogens (primary N) is 1. The Kier molecular flexibility index (Phi) is 5.02. The average Bonchev–Trinajstić information content (AvgIpc) is 2.62. The third-order valence-electron chi connectivity index (χ3n) is 4.22. The Hall–Kier alpha value is -2.01. The van der Waals surface area contributed by atoms with E-state index in [2.05, 4.69) is 0 Å². The Balaban J connectivity index is 1.75. The molecule has 0 amide bonds. The lowest BCUT2D eigenvalue weighted by molar-refractivity contribution is 0.383. The molecular formula is C16H18FN3O4S2.